The quantitative estimate of drug-likeness (QED) is 0.460. The number of hydrogen-bond acceptors (Lipinski definition) is 6. The monoisotopic (exact) mass is 432 g/mol. The molecular weight excluding hydrogens is 430 g/mol. The number of rotatable bonds is 2. The maximum atomic E-state index is 10.2. The van der Waals surface area contributed by atoms with Gasteiger partial charge in [0.2, 0.25) is 0 Å². The van der Waals surface area contributed by atoms with E-state index in [1.807, 2.05) is 0 Å². The summed E-state index contributed by atoms with van der Waals surface area (Å²) in [6.07, 6.45) is 2.11. The van der Waals surface area contributed by atoms with Gasteiger partial charge in [-0.1, -0.05) is 0 Å². The SMILES string of the molecule is O=C([O-])c1nccnc1C(=O)[O-].[Cs+].[Cs+]. The van der Waals surface area contributed by atoms with Gasteiger partial charge in [-0.25, -0.2) is 0 Å². The van der Waals surface area contributed by atoms with Gasteiger partial charge in [0.1, 0.15) is 11.4 Å². The summed E-state index contributed by atoms with van der Waals surface area (Å²) >= 11 is 0. The molecule has 0 aliphatic heterocycles. The van der Waals surface area contributed by atoms with Gasteiger partial charge in [-0.05, 0) is 0 Å². The van der Waals surface area contributed by atoms with Crippen molar-refractivity contribution in [1.29, 1.82) is 0 Å². The van der Waals surface area contributed by atoms with Gasteiger partial charge in [-0.15, -0.1) is 0 Å². The first-order valence-corrected chi connectivity index (χ1v) is 2.86. The van der Waals surface area contributed by atoms with Crippen LogP contribution in [0.25, 0.3) is 0 Å². The van der Waals surface area contributed by atoms with Gasteiger partial charge >= 0.3 is 138 Å². The van der Waals surface area contributed by atoms with E-state index < -0.39 is 23.3 Å². The molecule has 0 aliphatic rings. The van der Waals surface area contributed by atoms with Crippen LogP contribution in [0.4, 0.5) is 0 Å². The Balaban J connectivity index is 0. The van der Waals surface area contributed by atoms with Crippen LogP contribution in [0.2, 0.25) is 0 Å². The van der Waals surface area contributed by atoms with E-state index in [2.05, 4.69) is 9.97 Å². The molecule has 0 fully saturated rings. The molecule has 8 heteroatoms. The number of aromatic nitrogens is 2. The van der Waals surface area contributed by atoms with Crippen LogP contribution >= 0.6 is 0 Å². The molecule has 1 aromatic heterocycles. The molecule has 6 nitrogen and oxygen atoms in total. The fourth-order valence-corrected chi connectivity index (χ4v) is 0.637. The zero-order valence-corrected chi connectivity index (χ0v) is 20.2. The van der Waals surface area contributed by atoms with E-state index in [1.54, 1.807) is 0 Å². The van der Waals surface area contributed by atoms with Crippen molar-refractivity contribution in [2.75, 3.05) is 0 Å². The minimum atomic E-state index is -1.69. The van der Waals surface area contributed by atoms with Gasteiger partial charge in [-0.3, -0.25) is 9.97 Å². The summed E-state index contributed by atoms with van der Waals surface area (Å²) in [5.74, 6) is -3.38. The molecule has 62 valence electrons. The van der Waals surface area contributed by atoms with Crippen LogP contribution in [0.15, 0.2) is 12.4 Å². The van der Waals surface area contributed by atoms with E-state index in [4.69, 9.17) is 0 Å². The molecule has 0 unspecified atom stereocenters. The Morgan fingerprint density at radius 2 is 1.21 bits per heavy atom. The molecule has 0 bridgehead atoms. The zero-order valence-electron chi connectivity index (χ0n) is 7.68. The summed E-state index contributed by atoms with van der Waals surface area (Å²) in [5.41, 5.74) is -1.45. The summed E-state index contributed by atoms with van der Waals surface area (Å²) in [6, 6.07) is 0. The van der Waals surface area contributed by atoms with Gasteiger partial charge in [0.15, 0.2) is 0 Å². The normalized spacial score (nSPS) is 8.00. The number of aromatic carboxylic acids is 2. The second-order valence-corrected chi connectivity index (χ2v) is 1.83. The second-order valence-electron chi connectivity index (χ2n) is 1.83. The van der Waals surface area contributed by atoms with Gasteiger partial charge < -0.3 is 19.8 Å². The molecule has 0 N–H and O–H groups in total. The van der Waals surface area contributed by atoms with Gasteiger partial charge in [-0.2, -0.15) is 0 Å². The Hall–Kier alpha value is 2.12. The summed E-state index contributed by atoms with van der Waals surface area (Å²) in [5, 5.41) is 20.4. The predicted molar refractivity (Wildman–Crippen MR) is 30.7 cm³/mol. The number of carboxylic acids is 2. The molecule has 0 radical (unpaired) electrons. The van der Waals surface area contributed by atoms with E-state index in [0.717, 1.165) is 12.4 Å². The summed E-state index contributed by atoms with van der Waals surface area (Å²) in [7, 11) is 0. The second kappa shape index (κ2) is 9.18. The maximum absolute atomic E-state index is 10.2. The minimum Gasteiger partial charge on any atom is -0.543 e. The van der Waals surface area contributed by atoms with Crippen LogP contribution < -0.4 is 148 Å². The molecule has 0 aliphatic carbocycles. The molecule has 14 heavy (non-hydrogen) atoms. The van der Waals surface area contributed by atoms with Crippen molar-refractivity contribution in [3.05, 3.63) is 23.8 Å². The number of carbonyl (C=O) groups excluding carboxylic acids is 2. The summed E-state index contributed by atoms with van der Waals surface area (Å²) < 4.78 is 0. The Kier molecular flexibility index (Phi) is 12.1. The van der Waals surface area contributed by atoms with Crippen LogP contribution in [0.1, 0.15) is 21.0 Å². The largest absolute Gasteiger partial charge is 1.00 e. The van der Waals surface area contributed by atoms with Crippen molar-refractivity contribution in [3.8, 4) is 0 Å². The molecule has 1 rings (SSSR count). The zero-order chi connectivity index (χ0) is 9.14. The van der Waals surface area contributed by atoms with Crippen LogP contribution in [0.5, 0.6) is 0 Å². The fraction of sp³-hybridized carbons (Fsp3) is 0. The molecule has 0 spiro atoms. The average Bonchev–Trinajstić information content (AvgIpc) is 2.04. The topological polar surface area (TPSA) is 106 Å². The van der Waals surface area contributed by atoms with Crippen molar-refractivity contribution in [3.63, 3.8) is 0 Å². The Labute approximate surface area is 197 Å². The van der Waals surface area contributed by atoms with E-state index in [0.29, 0.717) is 0 Å². The first-order valence-electron chi connectivity index (χ1n) is 2.86. The Bertz CT molecular complexity index is 311. The van der Waals surface area contributed by atoms with E-state index in [9.17, 15) is 19.8 Å². The third-order valence-electron chi connectivity index (χ3n) is 1.08. The van der Waals surface area contributed by atoms with Crippen molar-refractivity contribution >= 4 is 11.9 Å². The standard InChI is InChI=1S/C6H4N2O4.2Cs/c9-5(10)3-4(6(11)12)8-2-1-7-3;;/h1-2H,(H,9,10)(H,11,12);;/q;2*+1/p-2. The Morgan fingerprint density at radius 1 is 0.929 bits per heavy atom. The molecule has 0 saturated heterocycles. The summed E-state index contributed by atoms with van der Waals surface area (Å²) in [4.78, 5) is 27.0. The molecule has 0 saturated carbocycles. The smallest absolute Gasteiger partial charge is 0.543 e. The number of carbonyl (C=O) groups is 2. The average molecular weight is 432 g/mol. The number of hydrogen-bond donors (Lipinski definition) is 0. The fourth-order valence-electron chi connectivity index (χ4n) is 0.637. The first kappa shape index (κ1) is 18.5. The Morgan fingerprint density at radius 3 is 1.43 bits per heavy atom. The van der Waals surface area contributed by atoms with E-state index >= 15 is 0 Å². The molecule has 0 aromatic carbocycles. The van der Waals surface area contributed by atoms with Crippen molar-refractivity contribution in [1.82, 2.24) is 9.97 Å². The van der Waals surface area contributed by atoms with Crippen LogP contribution in [0.3, 0.4) is 0 Å². The van der Waals surface area contributed by atoms with Gasteiger partial charge in [0, 0.05) is 12.4 Å². The first-order chi connectivity index (χ1) is 5.63. The van der Waals surface area contributed by atoms with Crippen molar-refractivity contribution in [2.24, 2.45) is 0 Å². The molecular formula is C6H2Cs2N2O4. The van der Waals surface area contributed by atoms with Crippen LogP contribution in [0, 0.1) is 0 Å². The van der Waals surface area contributed by atoms with Crippen LogP contribution in [-0.2, 0) is 0 Å². The third kappa shape index (κ3) is 5.45. The van der Waals surface area contributed by atoms with Gasteiger partial charge in [0.05, 0.1) is 11.9 Å². The number of nitrogens with zero attached hydrogens (tertiary/aromatic N) is 2. The number of carboxylic acid groups (broad SMARTS) is 2. The predicted octanol–water partition coefficient (Wildman–Crippen LogP) is -8.79. The third-order valence-corrected chi connectivity index (χ3v) is 1.08. The van der Waals surface area contributed by atoms with Crippen LogP contribution in [-0.4, -0.2) is 21.9 Å². The summed E-state index contributed by atoms with van der Waals surface area (Å²) in [6.45, 7) is 0. The molecule has 0 atom stereocenters. The molecule has 0 amide bonds. The van der Waals surface area contributed by atoms with E-state index in [-0.39, 0.29) is 138 Å². The van der Waals surface area contributed by atoms with Crippen molar-refractivity contribution < 1.29 is 158 Å². The molecule has 1 aromatic rings. The van der Waals surface area contributed by atoms with Crippen molar-refractivity contribution in [2.45, 2.75) is 0 Å². The molecule has 1 heterocycles. The van der Waals surface area contributed by atoms with E-state index in [1.165, 1.54) is 0 Å². The van der Waals surface area contributed by atoms with Gasteiger partial charge in [0.25, 0.3) is 0 Å². The maximum Gasteiger partial charge on any atom is 1.00 e. The minimum absolute atomic E-state index is 0.